The van der Waals surface area contributed by atoms with Crippen molar-refractivity contribution in [3.8, 4) is 0 Å². The Kier molecular flexibility index (Phi) is 1.71. The van der Waals surface area contributed by atoms with E-state index in [2.05, 4.69) is 0 Å². The Balaban J connectivity index is 2.17. The van der Waals surface area contributed by atoms with Crippen molar-refractivity contribution in [2.24, 2.45) is 0 Å². The molecule has 8 heavy (non-hydrogen) atoms. The Morgan fingerprint density at radius 2 is 2.25 bits per heavy atom. The van der Waals surface area contributed by atoms with E-state index in [1.165, 1.54) is 0 Å². The van der Waals surface area contributed by atoms with Crippen LogP contribution in [0.25, 0.3) is 0 Å². The van der Waals surface area contributed by atoms with Crippen LogP contribution < -0.4 is 0 Å². The van der Waals surface area contributed by atoms with E-state index in [1.54, 1.807) is 0 Å². The number of ether oxygens (including phenoxy) is 1. The number of alkyl halides is 2. The van der Waals surface area contributed by atoms with Crippen molar-refractivity contribution < 1.29 is 4.74 Å². The van der Waals surface area contributed by atoms with Crippen molar-refractivity contribution in [3.63, 3.8) is 0 Å². The molecule has 0 aromatic carbocycles. The predicted molar refractivity (Wildman–Crippen MR) is 34.5 cm³/mol. The molecule has 1 rings (SSSR count). The minimum Gasteiger partial charge on any atom is -0.375 e. The van der Waals surface area contributed by atoms with Crippen molar-refractivity contribution >= 4 is 23.2 Å². The zero-order valence-electron chi connectivity index (χ0n) is 4.66. The second-order valence-electron chi connectivity index (χ2n) is 1.91. The highest BCUT2D eigenvalue weighted by molar-refractivity contribution is 6.51. The largest absolute Gasteiger partial charge is 0.375 e. The summed E-state index contributed by atoms with van der Waals surface area (Å²) in [7, 11) is 0. The van der Waals surface area contributed by atoms with Gasteiger partial charge in [-0.2, -0.15) is 0 Å². The molecule has 1 saturated carbocycles. The molecule has 0 heterocycles. The van der Waals surface area contributed by atoms with Gasteiger partial charge in [-0.3, -0.25) is 0 Å². The van der Waals surface area contributed by atoms with Gasteiger partial charge in [0.2, 0.25) is 0 Å². The van der Waals surface area contributed by atoms with E-state index in [1.807, 2.05) is 6.92 Å². The first-order valence-corrected chi connectivity index (χ1v) is 3.42. The zero-order valence-corrected chi connectivity index (χ0v) is 6.17. The van der Waals surface area contributed by atoms with E-state index in [-0.39, 0.29) is 6.10 Å². The molecule has 0 radical (unpaired) electrons. The monoisotopic (exact) mass is 154 g/mol. The lowest BCUT2D eigenvalue weighted by molar-refractivity contribution is 0.131. The van der Waals surface area contributed by atoms with Crippen LogP contribution in [0.2, 0.25) is 0 Å². The first-order valence-electron chi connectivity index (χ1n) is 2.66. The standard InChI is InChI=1S/C5H8Cl2O/c1-2-8-4-3-5(4,6)7/h4H,2-3H2,1H3/t4-/m0/s1. The molecule has 48 valence electrons. The maximum Gasteiger partial charge on any atom is 0.146 e. The van der Waals surface area contributed by atoms with Gasteiger partial charge in [-0.25, -0.2) is 0 Å². The third-order valence-electron chi connectivity index (χ3n) is 1.14. The van der Waals surface area contributed by atoms with Crippen LogP contribution in [0.3, 0.4) is 0 Å². The van der Waals surface area contributed by atoms with Crippen LogP contribution in [0, 0.1) is 0 Å². The maximum atomic E-state index is 5.63. The molecule has 0 aromatic rings. The van der Waals surface area contributed by atoms with E-state index in [4.69, 9.17) is 27.9 Å². The van der Waals surface area contributed by atoms with E-state index in [0.29, 0.717) is 6.61 Å². The van der Waals surface area contributed by atoms with Crippen LogP contribution in [0.4, 0.5) is 0 Å². The molecule has 1 atom stereocenters. The summed E-state index contributed by atoms with van der Waals surface area (Å²) in [6, 6.07) is 0. The van der Waals surface area contributed by atoms with E-state index >= 15 is 0 Å². The van der Waals surface area contributed by atoms with Gasteiger partial charge in [0.1, 0.15) is 4.33 Å². The molecule has 1 aliphatic carbocycles. The van der Waals surface area contributed by atoms with Crippen molar-refractivity contribution in [2.75, 3.05) is 6.61 Å². The van der Waals surface area contributed by atoms with Crippen molar-refractivity contribution in [1.29, 1.82) is 0 Å². The molecule has 0 unspecified atom stereocenters. The van der Waals surface area contributed by atoms with Gasteiger partial charge in [0, 0.05) is 13.0 Å². The summed E-state index contributed by atoms with van der Waals surface area (Å²) in [5.74, 6) is 0. The number of rotatable bonds is 2. The Hall–Kier alpha value is 0.540. The Morgan fingerprint density at radius 3 is 2.38 bits per heavy atom. The molecule has 1 fully saturated rings. The Labute approximate surface area is 58.9 Å². The second-order valence-corrected chi connectivity index (χ2v) is 3.45. The van der Waals surface area contributed by atoms with Crippen molar-refractivity contribution in [3.05, 3.63) is 0 Å². The smallest absolute Gasteiger partial charge is 0.146 e. The molecule has 1 aliphatic rings. The SMILES string of the molecule is CCO[C@H]1CC1(Cl)Cl. The highest BCUT2D eigenvalue weighted by Gasteiger charge is 2.52. The van der Waals surface area contributed by atoms with Gasteiger partial charge >= 0.3 is 0 Å². The first-order chi connectivity index (χ1) is 3.67. The molecular weight excluding hydrogens is 147 g/mol. The van der Waals surface area contributed by atoms with Crippen LogP contribution in [-0.4, -0.2) is 17.0 Å². The molecule has 1 nitrogen and oxygen atoms in total. The average molecular weight is 155 g/mol. The Morgan fingerprint density at radius 1 is 1.75 bits per heavy atom. The second kappa shape index (κ2) is 2.05. The number of halogens is 2. The van der Waals surface area contributed by atoms with Gasteiger partial charge in [-0.1, -0.05) is 23.2 Å². The molecule has 3 heteroatoms. The fraction of sp³-hybridized carbons (Fsp3) is 1.00. The van der Waals surface area contributed by atoms with E-state index in [9.17, 15) is 0 Å². The highest BCUT2D eigenvalue weighted by Crippen LogP contribution is 2.48. The summed E-state index contributed by atoms with van der Waals surface area (Å²) in [5, 5.41) is 0. The molecule has 0 spiro atoms. The quantitative estimate of drug-likeness (QED) is 0.554. The lowest BCUT2D eigenvalue weighted by atomic mass is 10.8. The normalized spacial score (nSPS) is 32.6. The third kappa shape index (κ3) is 1.28. The minimum atomic E-state index is -0.560. The van der Waals surface area contributed by atoms with Crippen LogP contribution in [0.1, 0.15) is 13.3 Å². The van der Waals surface area contributed by atoms with Crippen LogP contribution in [0.15, 0.2) is 0 Å². The lowest BCUT2D eigenvalue weighted by Crippen LogP contribution is -2.00. The van der Waals surface area contributed by atoms with E-state index < -0.39 is 4.33 Å². The summed E-state index contributed by atoms with van der Waals surface area (Å²) in [4.78, 5) is 0. The topological polar surface area (TPSA) is 9.23 Å². The molecule has 0 amide bonds. The minimum absolute atomic E-state index is 0.0934. The fourth-order valence-electron chi connectivity index (χ4n) is 0.570. The summed E-state index contributed by atoms with van der Waals surface area (Å²) in [5.41, 5.74) is 0. The Bertz CT molecular complexity index is 92.4. The average Bonchev–Trinajstić information content (AvgIpc) is 2.15. The molecule has 0 saturated heterocycles. The fourth-order valence-corrected chi connectivity index (χ4v) is 0.977. The molecule has 0 aromatic heterocycles. The molecule has 0 aliphatic heterocycles. The van der Waals surface area contributed by atoms with Crippen LogP contribution in [-0.2, 0) is 4.74 Å². The summed E-state index contributed by atoms with van der Waals surface area (Å²) >= 11 is 11.3. The lowest BCUT2D eigenvalue weighted by Gasteiger charge is -1.96. The van der Waals surface area contributed by atoms with Gasteiger partial charge in [0.15, 0.2) is 0 Å². The zero-order chi connectivity index (χ0) is 6.20. The number of hydrogen-bond acceptors (Lipinski definition) is 1. The third-order valence-corrected chi connectivity index (χ3v) is 1.93. The van der Waals surface area contributed by atoms with Gasteiger partial charge in [0.25, 0.3) is 0 Å². The summed E-state index contributed by atoms with van der Waals surface area (Å²) < 4.78 is 4.54. The van der Waals surface area contributed by atoms with Gasteiger partial charge in [0.05, 0.1) is 6.10 Å². The van der Waals surface area contributed by atoms with Gasteiger partial charge in [-0.15, -0.1) is 0 Å². The van der Waals surface area contributed by atoms with E-state index in [0.717, 1.165) is 6.42 Å². The highest BCUT2D eigenvalue weighted by atomic mass is 35.5. The number of hydrogen-bond donors (Lipinski definition) is 0. The first kappa shape index (κ1) is 6.66. The molecule has 0 bridgehead atoms. The van der Waals surface area contributed by atoms with Crippen molar-refractivity contribution in [2.45, 2.75) is 23.8 Å². The van der Waals surface area contributed by atoms with Gasteiger partial charge < -0.3 is 4.74 Å². The molecule has 0 N–H and O–H groups in total. The van der Waals surface area contributed by atoms with Crippen LogP contribution >= 0.6 is 23.2 Å². The molecular formula is C5H8Cl2O. The van der Waals surface area contributed by atoms with Crippen LogP contribution in [0.5, 0.6) is 0 Å². The maximum absolute atomic E-state index is 5.63. The predicted octanol–water partition coefficient (Wildman–Crippen LogP) is 1.97. The summed E-state index contributed by atoms with van der Waals surface area (Å²) in [6.07, 6.45) is 0.875. The summed E-state index contributed by atoms with van der Waals surface area (Å²) in [6.45, 7) is 2.63. The van der Waals surface area contributed by atoms with Gasteiger partial charge in [-0.05, 0) is 6.92 Å². The van der Waals surface area contributed by atoms with Crippen molar-refractivity contribution in [1.82, 2.24) is 0 Å².